The van der Waals surface area contributed by atoms with E-state index < -0.39 is 0 Å². The molecule has 0 radical (unpaired) electrons. The fourth-order valence-electron chi connectivity index (χ4n) is 1.59. The number of aryl methyl sites for hydroxylation is 1. The minimum Gasteiger partial charge on any atom is -0.323 e. The minimum absolute atomic E-state index is 0.164. The van der Waals surface area contributed by atoms with Crippen LogP contribution in [0.2, 0.25) is 5.02 Å². The second-order valence-electron chi connectivity index (χ2n) is 4.20. The van der Waals surface area contributed by atoms with E-state index in [1.165, 1.54) is 6.08 Å². The van der Waals surface area contributed by atoms with Gasteiger partial charge in [0.1, 0.15) is 0 Å². The third kappa shape index (κ3) is 3.97. The average Bonchev–Trinajstić information content (AvgIpc) is 2.41. The van der Waals surface area contributed by atoms with Crippen LogP contribution in [0, 0.1) is 6.92 Å². The predicted octanol–water partition coefficient (Wildman–Crippen LogP) is 4.30. The van der Waals surface area contributed by atoms with Gasteiger partial charge in [-0.1, -0.05) is 41.9 Å². The quantitative estimate of drug-likeness (QED) is 0.829. The van der Waals surface area contributed by atoms with Crippen molar-refractivity contribution in [2.24, 2.45) is 0 Å². The van der Waals surface area contributed by atoms with E-state index in [0.717, 1.165) is 16.8 Å². The molecule has 0 spiro atoms. The highest BCUT2D eigenvalue weighted by molar-refractivity contribution is 6.31. The molecule has 0 saturated carbocycles. The Bertz CT molecular complexity index is 605. The van der Waals surface area contributed by atoms with Gasteiger partial charge in [0.25, 0.3) is 0 Å². The molecular weight excluding hydrogens is 258 g/mol. The first kappa shape index (κ1) is 13.4. The van der Waals surface area contributed by atoms with E-state index in [9.17, 15) is 4.79 Å². The molecule has 96 valence electrons. The summed E-state index contributed by atoms with van der Waals surface area (Å²) >= 11 is 6.02. The predicted molar refractivity (Wildman–Crippen MR) is 80.3 cm³/mol. The Hall–Kier alpha value is -2.06. The fraction of sp³-hybridized carbons (Fsp3) is 0.0625. The number of para-hydroxylation sites is 1. The van der Waals surface area contributed by atoms with E-state index in [1.807, 2.05) is 55.5 Å². The van der Waals surface area contributed by atoms with Gasteiger partial charge in [-0.3, -0.25) is 4.79 Å². The average molecular weight is 272 g/mol. The van der Waals surface area contributed by atoms with E-state index >= 15 is 0 Å². The Labute approximate surface area is 117 Å². The Balaban J connectivity index is 2.02. The van der Waals surface area contributed by atoms with E-state index in [2.05, 4.69) is 5.32 Å². The zero-order valence-corrected chi connectivity index (χ0v) is 11.3. The monoisotopic (exact) mass is 271 g/mol. The maximum Gasteiger partial charge on any atom is 0.248 e. The number of benzene rings is 2. The minimum atomic E-state index is -0.164. The number of carbonyl (C=O) groups excluding carboxylic acids is 1. The summed E-state index contributed by atoms with van der Waals surface area (Å²) in [5.41, 5.74) is 2.70. The normalized spacial score (nSPS) is 10.6. The zero-order chi connectivity index (χ0) is 13.7. The number of hydrogen-bond acceptors (Lipinski definition) is 1. The van der Waals surface area contributed by atoms with Gasteiger partial charge in [0.05, 0.1) is 0 Å². The first-order valence-electron chi connectivity index (χ1n) is 5.95. The molecule has 0 saturated heterocycles. The van der Waals surface area contributed by atoms with Gasteiger partial charge in [0.2, 0.25) is 5.91 Å². The molecule has 2 rings (SSSR count). The summed E-state index contributed by atoms with van der Waals surface area (Å²) in [6, 6.07) is 15.0. The topological polar surface area (TPSA) is 29.1 Å². The summed E-state index contributed by atoms with van der Waals surface area (Å²) in [7, 11) is 0. The molecule has 1 amide bonds. The Kier molecular flexibility index (Phi) is 4.37. The van der Waals surface area contributed by atoms with Crippen LogP contribution in [0.4, 0.5) is 5.69 Å². The van der Waals surface area contributed by atoms with Crippen LogP contribution in [-0.4, -0.2) is 5.91 Å². The smallest absolute Gasteiger partial charge is 0.248 e. The lowest BCUT2D eigenvalue weighted by molar-refractivity contribution is -0.111. The van der Waals surface area contributed by atoms with E-state index in [0.29, 0.717) is 5.02 Å². The van der Waals surface area contributed by atoms with Crippen molar-refractivity contribution in [1.82, 2.24) is 0 Å². The van der Waals surface area contributed by atoms with Crippen molar-refractivity contribution in [1.29, 1.82) is 0 Å². The molecule has 0 fully saturated rings. The highest BCUT2D eigenvalue weighted by atomic mass is 35.5. The van der Waals surface area contributed by atoms with Crippen LogP contribution >= 0.6 is 11.6 Å². The molecular formula is C16H14ClNO. The second kappa shape index (κ2) is 6.21. The van der Waals surface area contributed by atoms with Crippen molar-refractivity contribution in [2.45, 2.75) is 6.92 Å². The van der Waals surface area contributed by atoms with Crippen LogP contribution in [0.25, 0.3) is 6.08 Å². The summed E-state index contributed by atoms with van der Waals surface area (Å²) in [6.07, 6.45) is 3.23. The third-order valence-corrected chi connectivity index (χ3v) is 3.07. The van der Waals surface area contributed by atoms with Crippen LogP contribution in [0.15, 0.2) is 54.6 Å². The zero-order valence-electron chi connectivity index (χ0n) is 10.6. The van der Waals surface area contributed by atoms with E-state index in [-0.39, 0.29) is 5.91 Å². The third-order valence-electron chi connectivity index (χ3n) is 2.66. The highest BCUT2D eigenvalue weighted by Gasteiger charge is 1.98. The van der Waals surface area contributed by atoms with Crippen molar-refractivity contribution >= 4 is 29.3 Å². The summed E-state index contributed by atoms with van der Waals surface area (Å²) in [6.45, 7) is 1.94. The number of halogens is 1. The van der Waals surface area contributed by atoms with Crippen molar-refractivity contribution in [3.05, 3.63) is 70.8 Å². The van der Waals surface area contributed by atoms with Crippen LogP contribution in [0.1, 0.15) is 11.1 Å². The lowest BCUT2D eigenvalue weighted by atomic mass is 10.1. The van der Waals surface area contributed by atoms with Crippen LogP contribution in [-0.2, 0) is 4.79 Å². The maximum atomic E-state index is 11.7. The van der Waals surface area contributed by atoms with Gasteiger partial charge in [-0.25, -0.2) is 0 Å². The number of nitrogens with one attached hydrogen (secondary N) is 1. The Morgan fingerprint density at radius 2 is 1.89 bits per heavy atom. The molecule has 0 bridgehead atoms. The molecule has 0 atom stereocenters. The fourth-order valence-corrected chi connectivity index (χ4v) is 1.78. The Morgan fingerprint density at radius 1 is 1.16 bits per heavy atom. The van der Waals surface area contributed by atoms with Crippen molar-refractivity contribution in [2.75, 3.05) is 5.32 Å². The first-order chi connectivity index (χ1) is 9.15. The molecule has 19 heavy (non-hydrogen) atoms. The van der Waals surface area contributed by atoms with E-state index in [4.69, 9.17) is 11.6 Å². The van der Waals surface area contributed by atoms with Gasteiger partial charge in [0, 0.05) is 16.8 Å². The molecule has 0 heterocycles. The van der Waals surface area contributed by atoms with Gasteiger partial charge >= 0.3 is 0 Å². The summed E-state index contributed by atoms with van der Waals surface area (Å²) in [5.74, 6) is -0.164. The molecule has 0 aliphatic carbocycles. The second-order valence-corrected chi connectivity index (χ2v) is 4.60. The number of amides is 1. The van der Waals surface area contributed by atoms with Gasteiger partial charge in [-0.2, -0.15) is 0 Å². The molecule has 0 unspecified atom stereocenters. The van der Waals surface area contributed by atoms with E-state index in [1.54, 1.807) is 6.08 Å². The largest absolute Gasteiger partial charge is 0.323 e. The van der Waals surface area contributed by atoms with Gasteiger partial charge in [-0.05, 0) is 42.3 Å². The standard InChI is InChI=1S/C16H14ClNO/c1-12-7-8-13(11-15(12)17)9-10-16(19)18-14-5-3-2-4-6-14/h2-11H,1H3,(H,18,19)/b10-9-. The summed E-state index contributed by atoms with van der Waals surface area (Å²) < 4.78 is 0. The summed E-state index contributed by atoms with van der Waals surface area (Å²) in [5, 5.41) is 3.48. The molecule has 2 nitrogen and oxygen atoms in total. The molecule has 2 aromatic carbocycles. The van der Waals surface area contributed by atoms with Gasteiger partial charge < -0.3 is 5.32 Å². The number of anilines is 1. The van der Waals surface area contributed by atoms with Crippen molar-refractivity contribution in [3.8, 4) is 0 Å². The number of hydrogen-bond donors (Lipinski definition) is 1. The van der Waals surface area contributed by atoms with Crippen molar-refractivity contribution < 1.29 is 4.79 Å². The lowest BCUT2D eigenvalue weighted by Crippen LogP contribution is -2.07. The molecule has 2 aromatic rings. The Morgan fingerprint density at radius 3 is 2.58 bits per heavy atom. The molecule has 3 heteroatoms. The summed E-state index contributed by atoms with van der Waals surface area (Å²) in [4.78, 5) is 11.7. The number of rotatable bonds is 3. The van der Waals surface area contributed by atoms with Gasteiger partial charge in [-0.15, -0.1) is 0 Å². The van der Waals surface area contributed by atoms with Crippen LogP contribution < -0.4 is 5.32 Å². The SMILES string of the molecule is Cc1ccc(/C=C\C(=O)Nc2ccccc2)cc1Cl. The van der Waals surface area contributed by atoms with Crippen LogP contribution in [0.5, 0.6) is 0 Å². The molecule has 1 N–H and O–H groups in total. The molecule has 0 aliphatic heterocycles. The van der Waals surface area contributed by atoms with Gasteiger partial charge in [0.15, 0.2) is 0 Å². The molecule has 0 aliphatic rings. The maximum absolute atomic E-state index is 11.7. The number of carbonyl (C=O) groups is 1. The first-order valence-corrected chi connectivity index (χ1v) is 6.33. The highest BCUT2D eigenvalue weighted by Crippen LogP contribution is 2.17. The molecule has 0 aromatic heterocycles. The lowest BCUT2D eigenvalue weighted by Gasteiger charge is -2.01. The van der Waals surface area contributed by atoms with Crippen molar-refractivity contribution in [3.63, 3.8) is 0 Å². The van der Waals surface area contributed by atoms with Crippen LogP contribution in [0.3, 0.4) is 0 Å².